The highest BCUT2D eigenvalue weighted by Gasteiger charge is 2.36. The highest BCUT2D eigenvalue weighted by Crippen LogP contribution is 2.39. The molecule has 5 heterocycles. The minimum Gasteiger partial charge on any atom is -0.508 e. The van der Waals surface area contributed by atoms with Crippen LogP contribution >= 0.6 is 22.6 Å². The number of nitrogens with one attached hydrogen (secondary N) is 1. The Morgan fingerprint density at radius 1 is 0.912 bits per heavy atom. The van der Waals surface area contributed by atoms with E-state index < -0.39 is 71.4 Å². The molecule has 18 nitrogen and oxygen atoms in total. The summed E-state index contributed by atoms with van der Waals surface area (Å²) in [6.07, 6.45) is 1.01. The van der Waals surface area contributed by atoms with Gasteiger partial charge in [0.2, 0.25) is 11.7 Å². The Balaban J connectivity index is 0.833. The average Bonchev–Trinajstić information content (AvgIpc) is 3.96. The van der Waals surface area contributed by atoms with Gasteiger partial charge in [-0.2, -0.15) is 4.39 Å². The van der Waals surface area contributed by atoms with Crippen LogP contribution in [0.1, 0.15) is 50.2 Å². The summed E-state index contributed by atoms with van der Waals surface area (Å²) in [4.78, 5) is 60.8. The zero-order valence-corrected chi connectivity index (χ0v) is 39.2. The van der Waals surface area contributed by atoms with Crippen LogP contribution in [0.2, 0.25) is 0 Å². The Bertz CT molecular complexity index is 3060. The van der Waals surface area contributed by atoms with Crippen molar-refractivity contribution in [1.29, 1.82) is 0 Å². The van der Waals surface area contributed by atoms with Crippen LogP contribution in [0.25, 0.3) is 28.1 Å². The number of hydrogen-bond acceptors (Lipinski definition) is 14. The number of aromatic hydroxyl groups is 3. The molecule has 5 N–H and O–H groups in total. The first kappa shape index (κ1) is 47.9. The van der Waals surface area contributed by atoms with Crippen LogP contribution in [0.5, 0.6) is 17.5 Å². The monoisotopic (exact) mass is 1050 g/mol. The smallest absolute Gasteiger partial charge is 0.319 e. The van der Waals surface area contributed by atoms with E-state index in [4.69, 9.17) is 4.74 Å². The predicted octanol–water partition coefficient (Wildman–Crippen LogP) is 5.01. The van der Waals surface area contributed by atoms with Crippen molar-refractivity contribution in [3.05, 3.63) is 108 Å². The number of esters is 1. The van der Waals surface area contributed by atoms with Gasteiger partial charge in [-0.3, -0.25) is 33.2 Å². The molecule has 2 aliphatic rings. The highest BCUT2D eigenvalue weighted by atomic mass is 127. The normalized spacial score (nSPS) is 16.2. The van der Waals surface area contributed by atoms with Crippen molar-refractivity contribution < 1.29 is 47.9 Å². The molecule has 0 bridgehead atoms. The number of aliphatic hydroxyl groups excluding tert-OH is 1. The molecule has 3 aromatic heterocycles. The number of ether oxygens (including phenoxy) is 1. The Labute approximate surface area is 399 Å². The molecule has 2 saturated heterocycles. The number of fused-ring (bicyclic) bond motifs is 1. The lowest BCUT2D eigenvalue weighted by Gasteiger charge is -2.33. The summed E-state index contributed by atoms with van der Waals surface area (Å²) < 4.78 is 54.7. The van der Waals surface area contributed by atoms with Crippen molar-refractivity contribution in [1.82, 2.24) is 38.7 Å². The number of pyridine rings is 1. The van der Waals surface area contributed by atoms with Crippen molar-refractivity contribution in [2.24, 2.45) is 18.9 Å². The van der Waals surface area contributed by atoms with Gasteiger partial charge in [0, 0.05) is 47.8 Å². The van der Waals surface area contributed by atoms with Gasteiger partial charge >= 0.3 is 12.0 Å². The van der Waals surface area contributed by atoms with Gasteiger partial charge in [0.1, 0.15) is 47.6 Å². The fourth-order valence-corrected chi connectivity index (χ4v) is 9.13. The zero-order chi connectivity index (χ0) is 48.7. The number of benzene rings is 3. The van der Waals surface area contributed by atoms with Gasteiger partial charge in [0.25, 0.3) is 11.1 Å². The number of nitrogens with zero attached hydrogens (tertiary/aromatic N) is 8. The van der Waals surface area contributed by atoms with Crippen molar-refractivity contribution in [2.75, 3.05) is 38.1 Å². The van der Waals surface area contributed by atoms with Gasteiger partial charge in [-0.1, -0.05) is 25.0 Å². The topological polar surface area (TPSA) is 230 Å². The Morgan fingerprint density at radius 3 is 2.35 bits per heavy atom. The highest BCUT2D eigenvalue weighted by molar-refractivity contribution is 14.1. The largest absolute Gasteiger partial charge is 0.508 e. The van der Waals surface area contributed by atoms with Crippen LogP contribution in [-0.4, -0.2) is 110 Å². The van der Waals surface area contributed by atoms with E-state index >= 15 is 8.78 Å². The number of phenolic OH excluding ortho intramolecular Hbond substituents is 2. The fourth-order valence-electron chi connectivity index (χ4n) is 8.68. The fraction of sp³-hybridized carbons (Fsp3) is 0.370. The first-order valence-corrected chi connectivity index (χ1v) is 22.8. The SMILES string of the molecule is CC(C)c1cc(-c2nnc(O)n2-c2ccc(CN3CCC(C(=O)N4CCC(C(=O)OCC(O)Cn5cnc6c(c(Nc7ccc(I)cc7F)c(F)c(=O)n6C)c5=O)C4)CC3)c(F)c2)c(O)cc1O. The van der Waals surface area contributed by atoms with Crippen LogP contribution in [0.4, 0.5) is 24.5 Å². The number of phenols is 2. The molecule has 2 unspecified atom stereocenters. The number of carbonyl (C=O) groups excluding carboxylic acids is 2. The number of rotatable bonds is 13. The summed E-state index contributed by atoms with van der Waals surface area (Å²) in [5, 5.41) is 52.3. The number of hydrogen-bond donors (Lipinski definition) is 5. The molecule has 2 atom stereocenters. The second-order valence-corrected chi connectivity index (χ2v) is 18.6. The second-order valence-electron chi connectivity index (χ2n) is 17.3. The average molecular weight is 1050 g/mol. The second kappa shape index (κ2) is 19.6. The van der Waals surface area contributed by atoms with Crippen molar-refractivity contribution >= 4 is 56.9 Å². The molecule has 68 heavy (non-hydrogen) atoms. The molecule has 1 amide bonds. The van der Waals surface area contributed by atoms with Crippen LogP contribution in [0, 0.1) is 32.9 Å². The minimum absolute atomic E-state index is 0.0479. The Hall–Kier alpha value is -6.53. The third kappa shape index (κ3) is 9.61. The maximum atomic E-state index is 15.7. The molecule has 358 valence electrons. The van der Waals surface area contributed by atoms with Gasteiger partial charge in [-0.05, 0) is 103 Å². The van der Waals surface area contributed by atoms with Crippen LogP contribution in [0.15, 0.2) is 64.4 Å². The molecule has 2 aliphatic heterocycles. The van der Waals surface area contributed by atoms with E-state index in [1.807, 2.05) is 41.3 Å². The summed E-state index contributed by atoms with van der Waals surface area (Å²) in [5.41, 5.74) is -1.59. The maximum Gasteiger partial charge on any atom is 0.319 e. The molecule has 8 rings (SSSR count). The van der Waals surface area contributed by atoms with Gasteiger partial charge in [0.15, 0.2) is 11.5 Å². The minimum atomic E-state index is -1.41. The quantitative estimate of drug-likeness (QED) is 0.0757. The van der Waals surface area contributed by atoms with Crippen molar-refractivity contribution in [3.8, 4) is 34.6 Å². The number of halogens is 4. The number of aryl methyl sites for hydroxylation is 1. The molecule has 0 aliphatic carbocycles. The summed E-state index contributed by atoms with van der Waals surface area (Å²) in [7, 11) is 1.23. The van der Waals surface area contributed by atoms with Gasteiger partial charge < -0.3 is 35.4 Å². The Kier molecular flexibility index (Phi) is 13.8. The lowest BCUT2D eigenvalue weighted by atomic mass is 9.95. The third-order valence-electron chi connectivity index (χ3n) is 12.4. The number of amides is 1. The number of aliphatic hydroxyl groups is 1. The molecular weight excluding hydrogens is 1010 g/mol. The first-order valence-electron chi connectivity index (χ1n) is 21.7. The van der Waals surface area contributed by atoms with E-state index in [9.17, 15) is 44.0 Å². The molecule has 22 heteroatoms. The first-order chi connectivity index (χ1) is 32.4. The summed E-state index contributed by atoms with van der Waals surface area (Å²) in [6.45, 7) is 4.52. The number of piperidine rings is 1. The number of aromatic nitrogens is 6. The van der Waals surface area contributed by atoms with E-state index in [0.717, 1.165) is 15.5 Å². The summed E-state index contributed by atoms with van der Waals surface area (Å²) in [6, 6.07) is 10.7. The van der Waals surface area contributed by atoms with Crippen LogP contribution in [0.3, 0.4) is 0 Å². The lowest BCUT2D eigenvalue weighted by Crippen LogP contribution is -2.42. The van der Waals surface area contributed by atoms with E-state index in [1.54, 1.807) is 29.2 Å². The van der Waals surface area contributed by atoms with Gasteiger partial charge in [0.05, 0.1) is 35.1 Å². The number of likely N-dealkylation sites (tertiary alicyclic amines) is 2. The Morgan fingerprint density at radius 2 is 1.65 bits per heavy atom. The van der Waals surface area contributed by atoms with Gasteiger partial charge in [-0.25, -0.2) is 18.3 Å². The molecule has 0 radical (unpaired) electrons. The van der Waals surface area contributed by atoms with E-state index in [2.05, 4.69) is 20.5 Å². The van der Waals surface area contributed by atoms with Gasteiger partial charge in [-0.15, -0.1) is 5.10 Å². The molecule has 3 aromatic carbocycles. The van der Waals surface area contributed by atoms with Crippen molar-refractivity contribution in [2.45, 2.75) is 58.2 Å². The predicted molar refractivity (Wildman–Crippen MR) is 249 cm³/mol. The number of carbonyl (C=O) groups is 2. The zero-order valence-electron chi connectivity index (χ0n) is 37.0. The van der Waals surface area contributed by atoms with Crippen LogP contribution in [-0.2, 0) is 34.5 Å². The molecule has 2 fully saturated rings. The van der Waals surface area contributed by atoms with E-state index in [-0.39, 0.29) is 76.1 Å². The molecule has 0 saturated carbocycles. The standard InChI is InChI=1S/C46H47F3IN9O9/c1-23(2)30-16-31(36(62)17-35(30)61)40-53-54-46(67)59(40)28-6-4-25(32(47)15-28)18-56-11-8-24(9-12-56)42(63)57-13-10-26(19-57)45(66)68-21-29(60)20-58-22-51-41-37(43(58)64)39(38(49)44(65)55(41)3)52-34-7-5-27(50)14-33(34)48/h4-7,14-17,22-24,26,29,52,60-62H,8-13,18-21H2,1-3H3,(H,54,67). The molecular formula is C46H47F3IN9O9. The van der Waals surface area contributed by atoms with E-state index in [0.29, 0.717) is 53.6 Å². The number of anilines is 2. The maximum absolute atomic E-state index is 15.7. The summed E-state index contributed by atoms with van der Waals surface area (Å²) in [5.74, 6) is -4.78. The van der Waals surface area contributed by atoms with Crippen LogP contribution < -0.4 is 16.4 Å². The molecule has 6 aromatic rings. The summed E-state index contributed by atoms with van der Waals surface area (Å²) >= 11 is 1.89. The van der Waals surface area contributed by atoms with E-state index in [1.165, 1.54) is 35.9 Å². The molecule has 0 spiro atoms. The third-order valence-corrected chi connectivity index (χ3v) is 13.1. The van der Waals surface area contributed by atoms with Crippen molar-refractivity contribution in [3.63, 3.8) is 0 Å². The lowest BCUT2D eigenvalue weighted by molar-refractivity contribution is -0.151.